The Morgan fingerprint density at radius 2 is 1.69 bits per heavy atom. The van der Waals surface area contributed by atoms with Gasteiger partial charge in [-0.3, -0.25) is 9.59 Å². The van der Waals surface area contributed by atoms with Gasteiger partial charge in [0.05, 0.1) is 6.04 Å². The molecule has 6 nitrogen and oxygen atoms in total. The Hall–Kier alpha value is -3.12. The zero-order chi connectivity index (χ0) is 27.6. The van der Waals surface area contributed by atoms with E-state index in [1.54, 1.807) is 0 Å². The summed E-state index contributed by atoms with van der Waals surface area (Å²) in [6.45, 7) is 11.0. The summed E-state index contributed by atoms with van der Waals surface area (Å²) in [4.78, 5) is 30.7. The monoisotopic (exact) mass is 531 g/mol. The summed E-state index contributed by atoms with van der Waals surface area (Å²) >= 11 is 0. The number of carbonyl (C=O) groups excluding carboxylic acids is 2. The van der Waals surface area contributed by atoms with Gasteiger partial charge in [-0.25, -0.2) is 0 Å². The average Bonchev–Trinajstić information content (AvgIpc) is 2.95. The highest BCUT2D eigenvalue weighted by molar-refractivity contribution is 5.97. The van der Waals surface area contributed by atoms with Crippen molar-refractivity contribution >= 4 is 17.9 Å². The number of rotatable bonds is 12. The predicted molar refractivity (Wildman–Crippen MR) is 157 cm³/mol. The molecule has 1 heterocycles. The zero-order valence-electron chi connectivity index (χ0n) is 24.0. The van der Waals surface area contributed by atoms with Crippen molar-refractivity contribution in [1.29, 1.82) is 0 Å². The van der Waals surface area contributed by atoms with Crippen molar-refractivity contribution in [3.8, 4) is 0 Å². The van der Waals surface area contributed by atoms with E-state index in [9.17, 15) is 9.59 Å². The van der Waals surface area contributed by atoms with Crippen molar-refractivity contribution in [2.24, 2.45) is 0 Å². The number of benzene rings is 2. The van der Waals surface area contributed by atoms with Crippen LogP contribution in [-0.4, -0.2) is 59.9 Å². The van der Waals surface area contributed by atoms with Crippen LogP contribution in [0.2, 0.25) is 0 Å². The first-order chi connectivity index (χ1) is 19.0. The highest BCUT2D eigenvalue weighted by Gasteiger charge is 2.41. The molecule has 2 aliphatic rings. The Morgan fingerprint density at radius 3 is 2.38 bits per heavy atom. The maximum atomic E-state index is 13.6. The molecule has 0 bridgehead atoms. The van der Waals surface area contributed by atoms with Gasteiger partial charge >= 0.3 is 0 Å². The first kappa shape index (κ1) is 28.9. The fourth-order valence-corrected chi connectivity index (χ4v) is 5.71. The van der Waals surface area contributed by atoms with Crippen LogP contribution in [0.1, 0.15) is 85.8 Å². The van der Waals surface area contributed by atoms with Crippen LogP contribution < -0.4 is 5.32 Å². The second-order valence-electron chi connectivity index (χ2n) is 11.0. The van der Waals surface area contributed by atoms with Crippen LogP contribution in [0.25, 0.3) is 6.08 Å². The van der Waals surface area contributed by atoms with Crippen molar-refractivity contribution in [1.82, 2.24) is 15.1 Å². The first-order valence-corrected chi connectivity index (χ1v) is 14.8. The normalized spacial score (nSPS) is 20.2. The van der Waals surface area contributed by atoms with E-state index in [1.807, 2.05) is 35.2 Å². The molecule has 2 fully saturated rings. The third-order valence-corrected chi connectivity index (χ3v) is 7.78. The van der Waals surface area contributed by atoms with Gasteiger partial charge in [0, 0.05) is 18.7 Å². The molecule has 6 heteroatoms. The van der Waals surface area contributed by atoms with Gasteiger partial charge in [-0.15, -0.1) is 0 Å². The minimum Gasteiger partial charge on any atom is -0.482 e. The lowest BCUT2D eigenvalue weighted by atomic mass is 9.89. The number of fused-ring (bicyclic) bond motifs is 1. The SMILES string of the molecule is CCCN(CCC)CCCNC(=O)c1ccc(/C=C2/OC3CCCCC3N(Cc3ccc(C)cc3)C2=O)cc1. The lowest BCUT2D eigenvalue weighted by Gasteiger charge is -2.44. The smallest absolute Gasteiger partial charge is 0.289 e. The molecule has 2 amide bonds. The summed E-state index contributed by atoms with van der Waals surface area (Å²) < 4.78 is 6.28. The lowest BCUT2D eigenvalue weighted by molar-refractivity contribution is -0.149. The number of amides is 2. The van der Waals surface area contributed by atoms with E-state index in [1.165, 1.54) is 5.56 Å². The van der Waals surface area contributed by atoms with Gasteiger partial charge in [0.2, 0.25) is 0 Å². The minimum atomic E-state index is -0.0638. The van der Waals surface area contributed by atoms with E-state index < -0.39 is 0 Å². The molecule has 1 aliphatic heterocycles. The maximum absolute atomic E-state index is 13.6. The fraction of sp³-hybridized carbons (Fsp3) is 0.515. The summed E-state index contributed by atoms with van der Waals surface area (Å²) in [5.74, 6) is 0.276. The molecule has 2 atom stereocenters. The van der Waals surface area contributed by atoms with Crippen LogP contribution >= 0.6 is 0 Å². The summed E-state index contributed by atoms with van der Waals surface area (Å²) in [6, 6.07) is 15.9. The number of hydrogen-bond donors (Lipinski definition) is 1. The molecule has 1 N–H and O–H groups in total. The summed E-state index contributed by atoms with van der Waals surface area (Å²) in [7, 11) is 0. The largest absolute Gasteiger partial charge is 0.482 e. The van der Waals surface area contributed by atoms with E-state index in [4.69, 9.17) is 4.74 Å². The number of nitrogens with zero attached hydrogens (tertiary/aromatic N) is 2. The van der Waals surface area contributed by atoms with Crippen LogP contribution in [-0.2, 0) is 16.1 Å². The first-order valence-electron chi connectivity index (χ1n) is 14.8. The Kier molecular flexibility index (Phi) is 10.6. The molecule has 1 saturated carbocycles. The molecule has 4 rings (SSSR count). The predicted octanol–water partition coefficient (Wildman–Crippen LogP) is 5.95. The number of morpholine rings is 1. The zero-order valence-corrected chi connectivity index (χ0v) is 24.0. The molecule has 0 spiro atoms. The number of hydrogen-bond acceptors (Lipinski definition) is 4. The standard InChI is InChI=1S/C33H45N3O3/c1-4-20-35(21-5-2)22-8-19-34-32(37)28-17-15-26(16-18-28)23-31-33(38)36(24-27-13-11-25(3)12-14-27)29-9-6-7-10-30(29)39-31/h11-18,23,29-30H,4-10,19-22,24H2,1-3H3,(H,34,37)/b31-23+. The fourth-order valence-electron chi connectivity index (χ4n) is 5.71. The van der Waals surface area contributed by atoms with Crippen molar-refractivity contribution < 1.29 is 14.3 Å². The van der Waals surface area contributed by atoms with E-state index in [2.05, 4.69) is 55.3 Å². The topological polar surface area (TPSA) is 61.9 Å². The van der Waals surface area contributed by atoms with Gasteiger partial charge in [-0.1, -0.05) is 62.2 Å². The molecule has 39 heavy (non-hydrogen) atoms. The van der Waals surface area contributed by atoms with Crippen LogP contribution in [0.15, 0.2) is 54.3 Å². The third-order valence-electron chi connectivity index (χ3n) is 7.78. The highest BCUT2D eigenvalue weighted by atomic mass is 16.5. The average molecular weight is 532 g/mol. The van der Waals surface area contributed by atoms with Crippen molar-refractivity contribution in [2.45, 2.75) is 84.4 Å². The molecule has 1 aliphatic carbocycles. The molecule has 0 radical (unpaired) electrons. The Morgan fingerprint density at radius 1 is 1.00 bits per heavy atom. The second kappa shape index (κ2) is 14.3. The maximum Gasteiger partial charge on any atom is 0.289 e. The molecule has 210 valence electrons. The molecule has 1 saturated heterocycles. The summed E-state index contributed by atoms with van der Waals surface area (Å²) in [5, 5.41) is 3.04. The molecule has 2 aromatic carbocycles. The quantitative estimate of drug-likeness (QED) is 0.272. The van der Waals surface area contributed by atoms with Crippen LogP contribution in [0, 0.1) is 6.92 Å². The van der Waals surface area contributed by atoms with Gasteiger partial charge in [0.1, 0.15) is 6.10 Å². The Balaban J connectivity index is 1.38. The molecule has 0 aromatic heterocycles. The van der Waals surface area contributed by atoms with E-state index in [-0.39, 0.29) is 24.0 Å². The summed E-state index contributed by atoms with van der Waals surface area (Å²) in [6.07, 6.45) is 9.30. The third kappa shape index (κ3) is 7.95. The number of ether oxygens (including phenoxy) is 1. The molecular weight excluding hydrogens is 486 g/mol. The minimum absolute atomic E-state index is 0.0313. The van der Waals surface area contributed by atoms with Crippen LogP contribution in [0.3, 0.4) is 0 Å². The molecule has 2 unspecified atom stereocenters. The molecular formula is C33H45N3O3. The number of carbonyl (C=O) groups is 2. The second-order valence-corrected chi connectivity index (χ2v) is 11.0. The van der Waals surface area contributed by atoms with Crippen molar-refractivity contribution in [3.63, 3.8) is 0 Å². The lowest BCUT2D eigenvalue weighted by Crippen LogP contribution is -2.54. The Bertz CT molecular complexity index is 1100. The summed E-state index contributed by atoms with van der Waals surface area (Å²) in [5.41, 5.74) is 3.83. The van der Waals surface area contributed by atoms with Gasteiger partial charge in [-0.05, 0) is 94.4 Å². The Labute approximate surface area is 234 Å². The number of aryl methyl sites for hydroxylation is 1. The van der Waals surface area contributed by atoms with Gasteiger partial charge < -0.3 is 19.9 Å². The van der Waals surface area contributed by atoms with E-state index >= 15 is 0 Å². The van der Waals surface area contributed by atoms with Gasteiger partial charge in [-0.2, -0.15) is 0 Å². The van der Waals surface area contributed by atoms with Crippen LogP contribution in [0.5, 0.6) is 0 Å². The number of nitrogens with one attached hydrogen (secondary N) is 1. The van der Waals surface area contributed by atoms with Gasteiger partial charge in [0.25, 0.3) is 11.8 Å². The van der Waals surface area contributed by atoms with Crippen molar-refractivity contribution in [3.05, 3.63) is 76.5 Å². The molecule has 2 aromatic rings. The van der Waals surface area contributed by atoms with Gasteiger partial charge in [0.15, 0.2) is 5.76 Å². The van der Waals surface area contributed by atoms with Crippen LogP contribution in [0.4, 0.5) is 0 Å². The van der Waals surface area contributed by atoms with E-state index in [0.29, 0.717) is 24.4 Å². The van der Waals surface area contributed by atoms with E-state index in [0.717, 1.165) is 75.7 Å². The van der Waals surface area contributed by atoms with Crippen molar-refractivity contribution in [2.75, 3.05) is 26.2 Å². The highest BCUT2D eigenvalue weighted by Crippen LogP contribution is 2.34.